The lowest BCUT2D eigenvalue weighted by Crippen LogP contribution is -2.32. The summed E-state index contributed by atoms with van der Waals surface area (Å²) < 4.78 is 94.1. The molecule has 0 aliphatic carbocycles. The number of nitrogens with one attached hydrogen (secondary N) is 2. The Morgan fingerprint density at radius 3 is 2.39 bits per heavy atom. The van der Waals surface area contributed by atoms with E-state index in [0.29, 0.717) is 12.1 Å². The molecular formula is C18H17ClF5N3O3S. The number of likely N-dealkylation sites (tertiary alicyclic amines) is 1. The largest absolute Gasteiger partial charge is 0.416 e. The molecule has 1 aromatic carbocycles. The van der Waals surface area contributed by atoms with Gasteiger partial charge in [0, 0.05) is 29.4 Å². The standard InChI is InChI=1S/C18H17ClF5N3O3S/c1-9-14(16(28)27-4-3-17(20,21)8-27)15(10(2)25-9)31(29,30)26-13-6-11(18(22,23)24)5-12(19)7-13/h5-7,25-26H,3-4,8H2,1-2H3. The minimum Gasteiger partial charge on any atom is -0.361 e. The third-order valence-electron chi connectivity index (χ3n) is 4.73. The number of amides is 1. The molecule has 1 saturated heterocycles. The molecule has 3 rings (SSSR count). The first kappa shape index (κ1) is 23.3. The average Bonchev–Trinajstić information content (AvgIpc) is 3.11. The summed E-state index contributed by atoms with van der Waals surface area (Å²) in [5.74, 6) is -4.00. The van der Waals surface area contributed by atoms with Gasteiger partial charge in [-0.1, -0.05) is 11.6 Å². The molecule has 1 fully saturated rings. The van der Waals surface area contributed by atoms with Crippen molar-refractivity contribution in [1.82, 2.24) is 9.88 Å². The summed E-state index contributed by atoms with van der Waals surface area (Å²) in [5.41, 5.74) is -1.84. The lowest BCUT2D eigenvalue weighted by Gasteiger charge is -2.18. The maximum atomic E-state index is 13.5. The van der Waals surface area contributed by atoms with Crippen molar-refractivity contribution in [2.45, 2.75) is 37.3 Å². The second-order valence-electron chi connectivity index (χ2n) is 7.24. The number of rotatable bonds is 4. The van der Waals surface area contributed by atoms with E-state index in [-0.39, 0.29) is 28.5 Å². The van der Waals surface area contributed by atoms with Gasteiger partial charge in [0.1, 0.15) is 4.90 Å². The van der Waals surface area contributed by atoms with E-state index in [0.717, 1.165) is 11.0 Å². The Hall–Kier alpha value is -2.34. The highest BCUT2D eigenvalue weighted by Gasteiger charge is 2.42. The van der Waals surface area contributed by atoms with Gasteiger partial charge in [-0.2, -0.15) is 13.2 Å². The van der Waals surface area contributed by atoms with Crippen LogP contribution in [-0.4, -0.2) is 43.2 Å². The van der Waals surface area contributed by atoms with Crippen LogP contribution in [0.15, 0.2) is 23.1 Å². The van der Waals surface area contributed by atoms with Gasteiger partial charge in [0.2, 0.25) is 0 Å². The van der Waals surface area contributed by atoms with Gasteiger partial charge in [-0.05, 0) is 32.0 Å². The van der Waals surface area contributed by atoms with Crippen LogP contribution in [0.5, 0.6) is 0 Å². The number of benzene rings is 1. The van der Waals surface area contributed by atoms with E-state index < -0.39 is 57.1 Å². The maximum absolute atomic E-state index is 13.5. The topological polar surface area (TPSA) is 82.3 Å². The molecule has 1 aromatic heterocycles. The second-order valence-corrected chi connectivity index (χ2v) is 9.30. The van der Waals surface area contributed by atoms with Crippen LogP contribution >= 0.6 is 11.6 Å². The fourth-order valence-corrected chi connectivity index (χ4v) is 5.17. The fraction of sp³-hybridized carbons (Fsp3) is 0.389. The SMILES string of the molecule is Cc1[nH]c(C)c(S(=O)(=O)Nc2cc(Cl)cc(C(F)(F)F)c2)c1C(=O)N1CCC(F)(F)C1. The van der Waals surface area contributed by atoms with E-state index in [2.05, 4.69) is 4.98 Å². The van der Waals surface area contributed by atoms with Crippen LogP contribution in [0.4, 0.5) is 27.6 Å². The Morgan fingerprint density at radius 2 is 1.84 bits per heavy atom. The van der Waals surface area contributed by atoms with Crippen molar-refractivity contribution in [3.63, 3.8) is 0 Å². The Kier molecular flexibility index (Phi) is 5.76. The molecule has 170 valence electrons. The number of H-pyrrole nitrogens is 1. The van der Waals surface area contributed by atoms with E-state index in [4.69, 9.17) is 11.6 Å². The predicted molar refractivity (Wildman–Crippen MR) is 103 cm³/mol. The van der Waals surface area contributed by atoms with Gasteiger partial charge >= 0.3 is 6.18 Å². The van der Waals surface area contributed by atoms with Gasteiger partial charge in [0.15, 0.2) is 0 Å². The number of sulfonamides is 1. The van der Waals surface area contributed by atoms with E-state index in [1.54, 1.807) is 0 Å². The molecule has 0 saturated carbocycles. The van der Waals surface area contributed by atoms with E-state index >= 15 is 0 Å². The molecule has 0 bridgehead atoms. The molecule has 0 unspecified atom stereocenters. The summed E-state index contributed by atoms with van der Waals surface area (Å²) >= 11 is 5.69. The van der Waals surface area contributed by atoms with Crippen molar-refractivity contribution in [3.8, 4) is 0 Å². The van der Waals surface area contributed by atoms with Gasteiger partial charge in [-0.3, -0.25) is 9.52 Å². The molecule has 6 nitrogen and oxygen atoms in total. The molecule has 2 heterocycles. The van der Waals surface area contributed by atoms with Crippen LogP contribution in [0.3, 0.4) is 0 Å². The molecule has 13 heteroatoms. The van der Waals surface area contributed by atoms with E-state index in [9.17, 15) is 35.2 Å². The molecule has 0 radical (unpaired) electrons. The Balaban J connectivity index is 2.02. The van der Waals surface area contributed by atoms with Gasteiger partial charge < -0.3 is 9.88 Å². The first-order chi connectivity index (χ1) is 14.1. The number of alkyl halides is 5. The van der Waals surface area contributed by atoms with Crippen molar-refractivity contribution in [3.05, 3.63) is 45.7 Å². The van der Waals surface area contributed by atoms with Crippen molar-refractivity contribution in [2.75, 3.05) is 17.8 Å². The van der Waals surface area contributed by atoms with E-state index in [1.165, 1.54) is 13.8 Å². The highest BCUT2D eigenvalue weighted by Crippen LogP contribution is 2.35. The van der Waals surface area contributed by atoms with Crippen LogP contribution in [0.25, 0.3) is 0 Å². The molecule has 1 amide bonds. The Labute approximate surface area is 179 Å². The number of aromatic amines is 1. The summed E-state index contributed by atoms with van der Waals surface area (Å²) in [4.78, 5) is 15.8. The summed E-state index contributed by atoms with van der Waals surface area (Å²) in [7, 11) is -4.58. The number of aryl methyl sites for hydroxylation is 2. The third-order valence-corrected chi connectivity index (χ3v) is 6.50. The number of nitrogens with zero attached hydrogens (tertiary/aromatic N) is 1. The summed E-state index contributed by atoms with van der Waals surface area (Å²) in [6.07, 6.45) is -5.32. The molecule has 1 aliphatic rings. The Morgan fingerprint density at radius 1 is 1.19 bits per heavy atom. The van der Waals surface area contributed by atoms with Gasteiger partial charge in [0.25, 0.3) is 21.9 Å². The maximum Gasteiger partial charge on any atom is 0.416 e. The molecule has 1 aliphatic heterocycles. The van der Waals surface area contributed by atoms with Gasteiger partial charge in [-0.15, -0.1) is 0 Å². The molecule has 0 atom stereocenters. The molecule has 2 aromatic rings. The van der Waals surface area contributed by atoms with Crippen LogP contribution in [-0.2, 0) is 16.2 Å². The summed E-state index contributed by atoms with van der Waals surface area (Å²) in [6, 6.07) is 2.17. The zero-order chi connectivity index (χ0) is 23.4. The third kappa shape index (κ3) is 4.79. The normalized spacial score (nSPS) is 16.6. The van der Waals surface area contributed by atoms with Gasteiger partial charge in [-0.25, -0.2) is 17.2 Å². The monoisotopic (exact) mass is 485 g/mol. The molecule has 31 heavy (non-hydrogen) atoms. The summed E-state index contributed by atoms with van der Waals surface area (Å²) in [6.45, 7) is 1.63. The van der Waals surface area contributed by atoms with E-state index in [1.807, 2.05) is 4.72 Å². The summed E-state index contributed by atoms with van der Waals surface area (Å²) in [5, 5.41) is -0.356. The number of carbonyl (C=O) groups is 1. The lowest BCUT2D eigenvalue weighted by atomic mass is 10.2. The second kappa shape index (κ2) is 7.66. The van der Waals surface area contributed by atoms with Crippen LogP contribution < -0.4 is 4.72 Å². The highest BCUT2D eigenvalue weighted by atomic mass is 35.5. The molecule has 0 spiro atoms. The van der Waals surface area contributed by atoms with Crippen LogP contribution in [0.2, 0.25) is 5.02 Å². The first-order valence-electron chi connectivity index (χ1n) is 8.87. The molecular weight excluding hydrogens is 469 g/mol. The highest BCUT2D eigenvalue weighted by molar-refractivity contribution is 7.92. The lowest BCUT2D eigenvalue weighted by molar-refractivity contribution is -0.137. The number of carbonyl (C=O) groups excluding carboxylic acids is 1. The van der Waals surface area contributed by atoms with Crippen molar-refractivity contribution in [1.29, 1.82) is 0 Å². The van der Waals surface area contributed by atoms with Crippen molar-refractivity contribution < 1.29 is 35.2 Å². The first-order valence-corrected chi connectivity index (χ1v) is 10.7. The smallest absolute Gasteiger partial charge is 0.361 e. The van der Waals surface area contributed by atoms with Crippen molar-refractivity contribution >= 4 is 33.2 Å². The number of anilines is 1. The Bertz CT molecular complexity index is 1150. The minimum absolute atomic E-state index is 0.0254. The van der Waals surface area contributed by atoms with Crippen LogP contribution in [0, 0.1) is 13.8 Å². The van der Waals surface area contributed by atoms with Gasteiger partial charge in [0.05, 0.1) is 23.4 Å². The predicted octanol–water partition coefficient (Wildman–Crippen LogP) is 4.59. The zero-order valence-electron chi connectivity index (χ0n) is 16.2. The average molecular weight is 486 g/mol. The number of hydrogen-bond donors (Lipinski definition) is 2. The number of aromatic nitrogens is 1. The quantitative estimate of drug-likeness (QED) is 0.622. The number of hydrogen-bond acceptors (Lipinski definition) is 3. The fourth-order valence-electron chi connectivity index (χ4n) is 3.44. The van der Waals surface area contributed by atoms with Crippen molar-refractivity contribution in [2.24, 2.45) is 0 Å². The van der Waals surface area contributed by atoms with Crippen LogP contribution in [0.1, 0.15) is 33.7 Å². The number of halogens is 6. The minimum atomic E-state index is -4.77. The zero-order valence-corrected chi connectivity index (χ0v) is 17.8. The molecule has 2 N–H and O–H groups in total.